The van der Waals surface area contributed by atoms with Crippen molar-refractivity contribution in [3.05, 3.63) is 23.8 Å². The lowest BCUT2D eigenvalue weighted by Gasteiger charge is -2.18. The SMILES string of the molecule is CC1(C)COc2ccc(CC3CCCN3)cc2NC1=O. The minimum Gasteiger partial charge on any atom is -0.490 e. The molecule has 2 heterocycles. The maximum Gasteiger partial charge on any atom is 0.233 e. The van der Waals surface area contributed by atoms with E-state index in [0.717, 1.165) is 24.4 Å². The zero-order chi connectivity index (χ0) is 14.2. The van der Waals surface area contributed by atoms with Gasteiger partial charge < -0.3 is 15.4 Å². The van der Waals surface area contributed by atoms with Gasteiger partial charge >= 0.3 is 0 Å². The summed E-state index contributed by atoms with van der Waals surface area (Å²) in [5, 5.41) is 6.49. The van der Waals surface area contributed by atoms with Crippen LogP contribution in [0.5, 0.6) is 5.75 Å². The van der Waals surface area contributed by atoms with Crippen molar-refractivity contribution in [2.24, 2.45) is 5.41 Å². The van der Waals surface area contributed by atoms with Crippen LogP contribution in [0.25, 0.3) is 0 Å². The number of carbonyl (C=O) groups excluding carboxylic acids is 1. The molecule has 2 aliphatic heterocycles. The summed E-state index contributed by atoms with van der Waals surface area (Å²) in [7, 11) is 0. The lowest BCUT2D eigenvalue weighted by Crippen LogP contribution is -2.33. The quantitative estimate of drug-likeness (QED) is 0.870. The molecular formula is C16H22N2O2. The van der Waals surface area contributed by atoms with E-state index in [9.17, 15) is 4.79 Å². The molecule has 1 aromatic carbocycles. The van der Waals surface area contributed by atoms with Gasteiger partial charge in [0.2, 0.25) is 5.91 Å². The first-order valence-electron chi connectivity index (χ1n) is 7.35. The van der Waals surface area contributed by atoms with Crippen molar-refractivity contribution in [3.63, 3.8) is 0 Å². The van der Waals surface area contributed by atoms with E-state index in [1.54, 1.807) is 0 Å². The van der Waals surface area contributed by atoms with Crippen LogP contribution in [0.2, 0.25) is 0 Å². The molecular weight excluding hydrogens is 252 g/mol. The Morgan fingerprint density at radius 2 is 2.25 bits per heavy atom. The molecule has 1 unspecified atom stereocenters. The second kappa shape index (κ2) is 5.09. The number of hydrogen-bond donors (Lipinski definition) is 2. The van der Waals surface area contributed by atoms with Gasteiger partial charge in [0.1, 0.15) is 12.4 Å². The molecule has 1 saturated heterocycles. The average molecular weight is 274 g/mol. The maximum atomic E-state index is 12.2. The molecule has 1 atom stereocenters. The van der Waals surface area contributed by atoms with Crippen LogP contribution in [0.4, 0.5) is 5.69 Å². The third-order valence-electron chi connectivity index (χ3n) is 4.14. The molecule has 4 heteroatoms. The summed E-state index contributed by atoms with van der Waals surface area (Å²) in [5.74, 6) is 0.791. The largest absolute Gasteiger partial charge is 0.490 e. The van der Waals surface area contributed by atoms with E-state index < -0.39 is 5.41 Å². The summed E-state index contributed by atoms with van der Waals surface area (Å²) in [6.07, 6.45) is 3.49. The summed E-state index contributed by atoms with van der Waals surface area (Å²) in [4.78, 5) is 12.2. The Balaban J connectivity index is 1.80. The zero-order valence-electron chi connectivity index (χ0n) is 12.2. The van der Waals surface area contributed by atoms with Crippen molar-refractivity contribution in [3.8, 4) is 5.75 Å². The fraction of sp³-hybridized carbons (Fsp3) is 0.562. The summed E-state index contributed by atoms with van der Waals surface area (Å²) in [6.45, 7) is 5.33. The Morgan fingerprint density at radius 1 is 1.40 bits per heavy atom. The molecule has 108 valence electrons. The van der Waals surface area contributed by atoms with E-state index in [1.807, 2.05) is 19.9 Å². The molecule has 0 bridgehead atoms. The minimum absolute atomic E-state index is 0.0207. The van der Waals surface area contributed by atoms with Crippen LogP contribution in [-0.2, 0) is 11.2 Å². The second-order valence-electron chi connectivity index (χ2n) is 6.45. The van der Waals surface area contributed by atoms with Gasteiger partial charge in [-0.3, -0.25) is 4.79 Å². The normalized spacial score (nSPS) is 24.5. The van der Waals surface area contributed by atoms with Gasteiger partial charge in [0.15, 0.2) is 0 Å². The number of rotatable bonds is 2. The highest BCUT2D eigenvalue weighted by atomic mass is 16.5. The number of anilines is 1. The van der Waals surface area contributed by atoms with E-state index >= 15 is 0 Å². The fourth-order valence-electron chi connectivity index (χ4n) is 2.76. The molecule has 0 aliphatic carbocycles. The molecule has 3 rings (SSSR count). The van der Waals surface area contributed by atoms with Gasteiger partial charge in [-0.05, 0) is 57.4 Å². The molecule has 0 saturated carbocycles. The molecule has 2 aliphatic rings. The molecule has 20 heavy (non-hydrogen) atoms. The van der Waals surface area contributed by atoms with Crippen molar-refractivity contribution in [2.45, 2.75) is 39.2 Å². The molecule has 1 fully saturated rings. The van der Waals surface area contributed by atoms with Crippen LogP contribution >= 0.6 is 0 Å². The van der Waals surface area contributed by atoms with Crippen LogP contribution in [-0.4, -0.2) is 25.1 Å². The summed E-state index contributed by atoms with van der Waals surface area (Å²) >= 11 is 0. The average Bonchev–Trinajstić information content (AvgIpc) is 2.87. The van der Waals surface area contributed by atoms with Crippen molar-refractivity contribution >= 4 is 11.6 Å². The molecule has 1 aromatic rings. The van der Waals surface area contributed by atoms with E-state index in [2.05, 4.69) is 22.8 Å². The zero-order valence-corrected chi connectivity index (χ0v) is 12.2. The first kappa shape index (κ1) is 13.4. The van der Waals surface area contributed by atoms with Gasteiger partial charge in [-0.15, -0.1) is 0 Å². The minimum atomic E-state index is -0.494. The third-order valence-corrected chi connectivity index (χ3v) is 4.14. The Labute approximate surface area is 119 Å². The number of carbonyl (C=O) groups is 1. The number of hydrogen-bond acceptors (Lipinski definition) is 3. The predicted octanol–water partition coefficient (Wildman–Crippen LogP) is 2.34. The summed E-state index contributed by atoms with van der Waals surface area (Å²) in [6, 6.07) is 6.69. The van der Waals surface area contributed by atoms with Crippen molar-refractivity contribution in [1.82, 2.24) is 5.32 Å². The molecule has 0 radical (unpaired) electrons. The van der Waals surface area contributed by atoms with E-state index in [-0.39, 0.29) is 5.91 Å². The van der Waals surface area contributed by atoms with Crippen molar-refractivity contribution in [1.29, 1.82) is 0 Å². The van der Waals surface area contributed by atoms with Crippen LogP contribution < -0.4 is 15.4 Å². The lowest BCUT2D eigenvalue weighted by molar-refractivity contribution is -0.124. The van der Waals surface area contributed by atoms with Gasteiger partial charge in [0, 0.05) is 6.04 Å². The molecule has 4 nitrogen and oxygen atoms in total. The van der Waals surface area contributed by atoms with Gasteiger partial charge in [0.05, 0.1) is 11.1 Å². The van der Waals surface area contributed by atoms with Gasteiger partial charge in [-0.25, -0.2) is 0 Å². The van der Waals surface area contributed by atoms with Crippen molar-refractivity contribution < 1.29 is 9.53 Å². The predicted molar refractivity (Wildman–Crippen MR) is 79.1 cm³/mol. The maximum absolute atomic E-state index is 12.2. The number of fused-ring (bicyclic) bond motifs is 1. The van der Waals surface area contributed by atoms with Crippen LogP contribution in [0.15, 0.2) is 18.2 Å². The van der Waals surface area contributed by atoms with Gasteiger partial charge in [-0.2, -0.15) is 0 Å². The monoisotopic (exact) mass is 274 g/mol. The van der Waals surface area contributed by atoms with Crippen molar-refractivity contribution in [2.75, 3.05) is 18.5 Å². The summed E-state index contributed by atoms with van der Waals surface area (Å²) < 4.78 is 5.76. The molecule has 1 amide bonds. The van der Waals surface area contributed by atoms with Gasteiger partial charge in [-0.1, -0.05) is 6.07 Å². The van der Waals surface area contributed by atoms with E-state index in [4.69, 9.17) is 4.74 Å². The highest BCUT2D eigenvalue weighted by Crippen LogP contribution is 2.33. The highest BCUT2D eigenvalue weighted by Gasteiger charge is 2.32. The van der Waals surface area contributed by atoms with Gasteiger partial charge in [0.25, 0.3) is 0 Å². The summed E-state index contributed by atoms with van der Waals surface area (Å²) in [5.41, 5.74) is 1.55. The second-order valence-corrected chi connectivity index (χ2v) is 6.45. The van der Waals surface area contributed by atoms with Crippen LogP contribution in [0.3, 0.4) is 0 Å². The Morgan fingerprint density at radius 3 is 3.00 bits per heavy atom. The Kier molecular flexibility index (Phi) is 3.42. The molecule has 0 aromatic heterocycles. The fourth-order valence-corrected chi connectivity index (χ4v) is 2.76. The Hall–Kier alpha value is -1.55. The molecule has 0 spiro atoms. The topological polar surface area (TPSA) is 50.4 Å². The number of nitrogens with one attached hydrogen (secondary N) is 2. The van der Waals surface area contributed by atoms with E-state index in [0.29, 0.717) is 12.6 Å². The standard InChI is InChI=1S/C16H22N2O2/c1-16(2)10-20-14-6-5-11(8-12-4-3-7-17-12)9-13(14)18-15(16)19/h5-6,9,12,17H,3-4,7-8,10H2,1-2H3,(H,18,19). The number of ether oxygens (including phenoxy) is 1. The third kappa shape index (κ3) is 2.66. The number of benzene rings is 1. The van der Waals surface area contributed by atoms with E-state index in [1.165, 1.54) is 18.4 Å². The van der Waals surface area contributed by atoms with Crippen LogP contribution in [0, 0.1) is 5.41 Å². The first-order valence-corrected chi connectivity index (χ1v) is 7.35. The lowest BCUT2D eigenvalue weighted by atomic mass is 9.94. The number of amides is 1. The van der Waals surface area contributed by atoms with Crippen LogP contribution in [0.1, 0.15) is 32.3 Å². The smallest absolute Gasteiger partial charge is 0.233 e. The Bertz CT molecular complexity index is 519. The first-order chi connectivity index (χ1) is 9.54. The highest BCUT2D eigenvalue weighted by molar-refractivity contribution is 5.97. The molecule has 2 N–H and O–H groups in total.